The van der Waals surface area contributed by atoms with E-state index in [-0.39, 0.29) is 10.9 Å². The van der Waals surface area contributed by atoms with Gasteiger partial charge in [0, 0.05) is 14.7 Å². The molecular weight excluding hydrogens is 312 g/mol. The highest BCUT2D eigenvalue weighted by molar-refractivity contribution is 9.10. The number of nitrogen functional groups attached to an aromatic ring is 1. The summed E-state index contributed by atoms with van der Waals surface area (Å²) in [5.41, 5.74) is 5.39. The minimum atomic E-state index is -0.251. The lowest BCUT2D eigenvalue weighted by atomic mass is 10.4. The minimum Gasteiger partial charge on any atom is -0.374 e. The van der Waals surface area contributed by atoms with E-state index >= 15 is 0 Å². The number of thiophene rings is 1. The SMILES string of the molecule is Nc1nnc(C(=O)NCc2cc(Br)cs2)s1. The maximum absolute atomic E-state index is 11.6. The van der Waals surface area contributed by atoms with Crippen LogP contribution in [0.4, 0.5) is 5.13 Å². The Balaban J connectivity index is 1.93. The zero-order valence-corrected chi connectivity index (χ0v) is 11.2. The summed E-state index contributed by atoms with van der Waals surface area (Å²) in [7, 11) is 0. The van der Waals surface area contributed by atoms with Gasteiger partial charge in [-0.2, -0.15) is 0 Å². The van der Waals surface area contributed by atoms with Crippen molar-refractivity contribution in [3.8, 4) is 0 Å². The highest BCUT2D eigenvalue weighted by Gasteiger charge is 2.11. The van der Waals surface area contributed by atoms with Gasteiger partial charge in [-0.15, -0.1) is 21.5 Å². The van der Waals surface area contributed by atoms with Crippen LogP contribution in [0.3, 0.4) is 0 Å². The Labute approximate surface area is 108 Å². The van der Waals surface area contributed by atoms with E-state index in [4.69, 9.17) is 5.73 Å². The summed E-state index contributed by atoms with van der Waals surface area (Å²) in [6, 6.07) is 1.96. The number of aromatic nitrogens is 2. The summed E-state index contributed by atoms with van der Waals surface area (Å²) in [6.45, 7) is 0.481. The van der Waals surface area contributed by atoms with Gasteiger partial charge in [-0.25, -0.2) is 0 Å². The molecule has 2 heterocycles. The Morgan fingerprint density at radius 2 is 2.38 bits per heavy atom. The number of carbonyl (C=O) groups excluding carboxylic acids is 1. The Morgan fingerprint density at radius 3 is 2.94 bits per heavy atom. The number of carbonyl (C=O) groups is 1. The highest BCUT2D eigenvalue weighted by Crippen LogP contribution is 2.19. The first kappa shape index (κ1) is 11.5. The van der Waals surface area contributed by atoms with Crippen molar-refractivity contribution in [3.63, 3.8) is 0 Å². The van der Waals surface area contributed by atoms with Crippen molar-refractivity contribution in [1.29, 1.82) is 0 Å². The molecule has 0 saturated carbocycles. The molecular formula is C8H7BrN4OS2. The maximum atomic E-state index is 11.6. The third-order valence-electron chi connectivity index (χ3n) is 1.68. The van der Waals surface area contributed by atoms with Crippen molar-refractivity contribution in [2.75, 3.05) is 5.73 Å². The smallest absolute Gasteiger partial charge is 0.282 e. The van der Waals surface area contributed by atoms with Crippen LogP contribution in [0, 0.1) is 0 Å². The van der Waals surface area contributed by atoms with E-state index < -0.39 is 0 Å². The number of nitrogens with one attached hydrogen (secondary N) is 1. The Hall–Kier alpha value is -0.990. The monoisotopic (exact) mass is 318 g/mol. The summed E-state index contributed by atoms with van der Waals surface area (Å²) < 4.78 is 1.02. The number of nitrogens with zero attached hydrogens (tertiary/aromatic N) is 2. The predicted molar refractivity (Wildman–Crippen MR) is 67.5 cm³/mol. The lowest BCUT2D eigenvalue weighted by molar-refractivity contribution is 0.0950. The summed E-state index contributed by atoms with van der Waals surface area (Å²) in [5.74, 6) is -0.251. The molecule has 1 amide bonds. The molecule has 2 aromatic rings. The van der Waals surface area contributed by atoms with Crippen LogP contribution < -0.4 is 11.1 Å². The molecule has 0 radical (unpaired) electrons. The van der Waals surface area contributed by atoms with Crippen molar-refractivity contribution in [3.05, 3.63) is 25.8 Å². The van der Waals surface area contributed by atoms with Crippen LogP contribution in [0.1, 0.15) is 14.7 Å². The predicted octanol–water partition coefficient (Wildman–Crippen LogP) is 1.87. The van der Waals surface area contributed by atoms with E-state index in [9.17, 15) is 4.79 Å². The van der Waals surface area contributed by atoms with E-state index in [1.54, 1.807) is 11.3 Å². The molecule has 0 bridgehead atoms. The Kier molecular flexibility index (Phi) is 3.52. The van der Waals surface area contributed by atoms with E-state index in [0.717, 1.165) is 20.7 Å². The normalized spacial score (nSPS) is 10.3. The molecule has 3 N–H and O–H groups in total. The number of hydrogen-bond donors (Lipinski definition) is 2. The molecule has 0 atom stereocenters. The molecule has 5 nitrogen and oxygen atoms in total. The van der Waals surface area contributed by atoms with Crippen LogP contribution in [-0.2, 0) is 6.54 Å². The third-order valence-corrected chi connectivity index (χ3v) is 4.13. The quantitative estimate of drug-likeness (QED) is 0.905. The van der Waals surface area contributed by atoms with E-state index in [1.807, 2.05) is 11.4 Å². The fourth-order valence-corrected chi connectivity index (χ4v) is 2.93. The maximum Gasteiger partial charge on any atom is 0.282 e. The van der Waals surface area contributed by atoms with Crippen LogP contribution >= 0.6 is 38.6 Å². The van der Waals surface area contributed by atoms with Gasteiger partial charge in [-0.1, -0.05) is 11.3 Å². The molecule has 2 aromatic heterocycles. The molecule has 0 aliphatic heterocycles. The van der Waals surface area contributed by atoms with E-state index in [2.05, 4.69) is 31.4 Å². The molecule has 16 heavy (non-hydrogen) atoms. The second-order valence-electron chi connectivity index (χ2n) is 2.86. The van der Waals surface area contributed by atoms with Crippen molar-refractivity contribution in [1.82, 2.24) is 15.5 Å². The highest BCUT2D eigenvalue weighted by atomic mass is 79.9. The molecule has 8 heteroatoms. The van der Waals surface area contributed by atoms with Gasteiger partial charge in [0.2, 0.25) is 10.1 Å². The topological polar surface area (TPSA) is 80.9 Å². The van der Waals surface area contributed by atoms with Gasteiger partial charge in [-0.05, 0) is 22.0 Å². The molecule has 0 aliphatic rings. The van der Waals surface area contributed by atoms with Crippen molar-refractivity contribution in [2.24, 2.45) is 0 Å². The van der Waals surface area contributed by atoms with Gasteiger partial charge in [0.25, 0.3) is 5.91 Å². The van der Waals surface area contributed by atoms with Crippen LogP contribution in [0.5, 0.6) is 0 Å². The number of amides is 1. The summed E-state index contributed by atoms with van der Waals surface area (Å²) in [6.07, 6.45) is 0. The third kappa shape index (κ3) is 2.77. The standard InChI is InChI=1S/C8H7BrN4OS2/c9-4-1-5(15-3-4)2-11-6(14)7-12-13-8(10)16-7/h1,3H,2H2,(H2,10,13)(H,11,14). The fraction of sp³-hybridized carbons (Fsp3) is 0.125. The zero-order chi connectivity index (χ0) is 11.5. The molecule has 0 spiro atoms. The summed E-state index contributed by atoms with van der Waals surface area (Å²) >= 11 is 6.00. The van der Waals surface area contributed by atoms with E-state index in [0.29, 0.717) is 11.7 Å². The number of nitrogens with two attached hydrogens (primary N) is 1. The molecule has 2 rings (SSSR count). The number of rotatable bonds is 3. The van der Waals surface area contributed by atoms with Crippen LogP contribution in [0.25, 0.3) is 0 Å². The van der Waals surface area contributed by atoms with Gasteiger partial charge < -0.3 is 11.1 Å². The average molecular weight is 319 g/mol. The average Bonchev–Trinajstić information content (AvgIpc) is 2.84. The lowest BCUT2D eigenvalue weighted by Gasteiger charge is -1.98. The van der Waals surface area contributed by atoms with E-state index in [1.165, 1.54) is 0 Å². The van der Waals surface area contributed by atoms with Crippen LogP contribution in [-0.4, -0.2) is 16.1 Å². The second kappa shape index (κ2) is 4.89. The van der Waals surface area contributed by atoms with Gasteiger partial charge in [0.05, 0.1) is 6.54 Å². The van der Waals surface area contributed by atoms with Crippen molar-refractivity contribution in [2.45, 2.75) is 6.54 Å². The van der Waals surface area contributed by atoms with Crippen molar-refractivity contribution < 1.29 is 4.79 Å². The van der Waals surface area contributed by atoms with Gasteiger partial charge in [0.15, 0.2) is 0 Å². The molecule has 0 fully saturated rings. The summed E-state index contributed by atoms with van der Waals surface area (Å²) in [4.78, 5) is 12.6. The first-order valence-electron chi connectivity index (χ1n) is 4.25. The first-order chi connectivity index (χ1) is 7.65. The minimum absolute atomic E-state index is 0.251. The number of anilines is 1. The first-order valence-corrected chi connectivity index (χ1v) is 6.74. The second-order valence-corrected chi connectivity index (χ2v) is 5.78. The largest absolute Gasteiger partial charge is 0.374 e. The summed E-state index contributed by atoms with van der Waals surface area (Å²) in [5, 5.41) is 12.5. The Bertz CT molecular complexity index is 510. The Morgan fingerprint density at radius 1 is 1.56 bits per heavy atom. The van der Waals surface area contributed by atoms with Crippen molar-refractivity contribution >= 4 is 49.6 Å². The van der Waals surface area contributed by atoms with Gasteiger partial charge in [0.1, 0.15) is 0 Å². The molecule has 0 saturated heterocycles. The number of hydrogen-bond acceptors (Lipinski definition) is 6. The van der Waals surface area contributed by atoms with Gasteiger partial charge in [-0.3, -0.25) is 4.79 Å². The van der Waals surface area contributed by atoms with Gasteiger partial charge >= 0.3 is 0 Å². The lowest BCUT2D eigenvalue weighted by Crippen LogP contribution is -2.22. The molecule has 84 valence electrons. The molecule has 0 unspecified atom stereocenters. The molecule has 0 aliphatic carbocycles. The van der Waals surface area contributed by atoms with Crippen LogP contribution in [0.15, 0.2) is 15.9 Å². The molecule has 0 aromatic carbocycles. The number of halogens is 1. The zero-order valence-electron chi connectivity index (χ0n) is 7.94. The van der Waals surface area contributed by atoms with Crippen LogP contribution in [0.2, 0.25) is 0 Å². The fourth-order valence-electron chi connectivity index (χ4n) is 1.02.